The van der Waals surface area contributed by atoms with Gasteiger partial charge >= 0.3 is 0 Å². The summed E-state index contributed by atoms with van der Waals surface area (Å²) in [6.45, 7) is 1.45. The van der Waals surface area contributed by atoms with Gasteiger partial charge in [0.25, 0.3) is 0 Å². The average Bonchev–Trinajstić information content (AvgIpc) is 2.71. The molecule has 0 spiro atoms. The molecule has 0 radical (unpaired) electrons. The smallest absolute Gasteiger partial charge is 0.244 e. The minimum Gasteiger partial charge on any atom is -0.329 e. The first-order chi connectivity index (χ1) is 6.72. The van der Waals surface area contributed by atoms with E-state index in [1.54, 1.807) is 0 Å². The largest absolute Gasteiger partial charge is 0.329 e. The molecule has 0 saturated carbocycles. The minimum absolute atomic E-state index is 0.157. The number of hydrogen-bond acceptors (Lipinski definition) is 4. The van der Waals surface area contributed by atoms with Gasteiger partial charge < -0.3 is 5.73 Å². The second-order valence-electron chi connectivity index (χ2n) is 3.90. The highest BCUT2D eigenvalue weighted by molar-refractivity contribution is 6.05. The maximum atomic E-state index is 11.4. The van der Waals surface area contributed by atoms with Gasteiger partial charge in [-0.2, -0.15) is 0 Å². The Hall–Kier alpha value is -0.940. The monoisotopic (exact) mass is 197 g/mol. The molecule has 78 valence electrons. The number of rotatable bonds is 2. The molecule has 5 nitrogen and oxygen atoms in total. The molecule has 2 aliphatic heterocycles. The normalized spacial score (nSPS) is 33.8. The van der Waals surface area contributed by atoms with Crippen LogP contribution in [0.25, 0.3) is 0 Å². The fourth-order valence-electron chi connectivity index (χ4n) is 2.33. The molecular formula is C9H15N3O2. The number of nitrogens with zero attached hydrogens (tertiary/aromatic N) is 1. The van der Waals surface area contributed by atoms with Crippen LogP contribution < -0.4 is 11.1 Å². The van der Waals surface area contributed by atoms with E-state index in [1.165, 1.54) is 0 Å². The van der Waals surface area contributed by atoms with Gasteiger partial charge in [0.05, 0.1) is 12.5 Å². The Morgan fingerprint density at radius 2 is 2.29 bits per heavy atom. The number of imide groups is 1. The molecule has 0 aromatic heterocycles. The van der Waals surface area contributed by atoms with Crippen LogP contribution >= 0.6 is 0 Å². The third-order valence-corrected chi connectivity index (χ3v) is 3.04. The van der Waals surface area contributed by atoms with E-state index < -0.39 is 0 Å². The number of carbonyl (C=O) groups is 2. The maximum absolute atomic E-state index is 11.4. The maximum Gasteiger partial charge on any atom is 0.244 e. The van der Waals surface area contributed by atoms with Crippen LogP contribution in [0.15, 0.2) is 0 Å². The van der Waals surface area contributed by atoms with Crippen molar-refractivity contribution in [3.05, 3.63) is 0 Å². The van der Waals surface area contributed by atoms with Crippen molar-refractivity contribution in [2.24, 2.45) is 5.73 Å². The van der Waals surface area contributed by atoms with Crippen LogP contribution in [-0.2, 0) is 9.59 Å². The third kappa shape index (κ3) is 1.53. The van der Waals surface area contributed by atoms with Gasteiger partial charge in [-0.3, -0.25) is 19.8 Å². The van der Waals surface area contributed by atoms with Gasteiger partial charge in [-0.25, -0.2) is 0 Å². The number of amides is 2. The Balaban J connectivity index is 2.07. The fraction of sp³-hybridized carbons (Fsp3) is 0.778. The summed E-state index contributed by atoms with van der Waals surface area (Å²) in [5, 5.41) is 2.33. The predicted octanol–water partition coefficient (Wildman–Crippen LogP) is -1.18. The zero-order valence-electron chi connectivity index (χ0n) is 8.03. The second-order valence-corrected chi connectivity index (χ2v) is 3.90. The van der Waals surface area contributed by atoms with Crippen LogP contribution in [0.1, 0.15) is 19.3 Å². The van der Waals surface area contributed by atoms with Crippen molar-refractivity contribution in [3.8, 4) is 0 Å². The van der Waals surface area contributed by atoms with Crippen molar-refractivity contribution in [2.45, 2.75) is 31.3 Å². The van der Waals surface area contributed by atoms with E-state index in [0.29, 0.717) is 13.0 Å². The lowest BCUT2D eigenvalue weighted by molar-refractivity contribution is -0.126. The average molecular weight is 197 g/mol. The number of likely N-dealkylation sites (tertiary alicyclic amines) is 1. The number of hydrogen-bond donors (Lipinski definition) is 2. The zero-order chi connectivity index (χ0) is 10.1. The SMILES string of the molecule is NCC1CCCN1C1CC(=O)NC1=O. The highest BCUT2D eigenvalue weighted by Gasteiger charge is 2.39. The molecule has 2 atom stereocenters. The molecule has 2 unspecified atom stereocenters. The van der Waals surface area contributed by atoms with Crippen molar-refractivity contribution in [1.82, 2.24) is 10.2 Å². The van der Waals surface area contributed by atoms with E-state index in [1.807, 2.05) is 0 Å². The number of nitrogens with two attached hydrogens (primary N) is 1. The summed E-state index contributed by atoms with van der Waals surface area (Å²) in [6, 6.07) is 0.00944. The lowest BCUT2D eigenvalue weighted by atomic mass is 10.1. The summed E-state index contributed by atoms with van der Waals surface area (Å²) >= 11 is 0. The molecule has 0 aromatic rings. The summed E-state index contributed by atoms with van der Waals surface area (Å²) in [4.78, 5) is 24.5. The van der Waals surface area contributed by atoms with Gasteiger partial charge in [-0.15, -0.1) is 0 Å². The summed E-state index contributed by atoms with van der Waals surface area (Å²) in [5.41, 5.74) is 5.61. The van der Waals surface area contributed by atoms with Crippen molar-refractivity contribution in [1.29, 1.82) is 0 Å². The molecule has 14 heavy (non-hydrogen) atoms. The molecule has 2 heterocycles. The Labute approximate surface area is 82.6 Å². The molecular weight excluding hydrogens is 182 g/mol. The predicted molar refractivity (Wildman–Crippen MR) is 50.3 cm³/mol. The van der Waals surface area contributed by atoms with Crippen LogP contribution in [0.5, 0.6) is 0 Å². The van der Waals surface area contributed by atoms with Gasteiger partial charge in [0.15, 0.2) is 0 Å². The first-order valence-electron chi connectivity index (χ1n) is 5.02. The zero-order valence-corrected chi connectivity index (χ0v) is 8.03. The van der Waals surface area contributed by atoms with E-state index >= 15 is 0 Å². The van der Waals surface area contributed by atoms with Gasteiger partial charge in [0.2, 0.25) is 11.8 Å². The molecule has 3 N–H and O–H groups in total. The van der Waals surface area contributed by atoms with Crippen LogP contribution in [-0.4, -0.2) is 41.9 Å². The summed E-state index contributed by atoms with van der Waals surface area (Å²) in [7, 11) is 0. The van der Waals surface area contributed by atoms with Crippen LogP contribution in [0.3, 0.4) is 0 Å². The summed E-state index contributed by atoms with van der Waals surface area (Å²) in [6.07, 6.45) is 2.41. The van der Waals surface area contributed by atoms with Crippen molar-refractivity contribution in [2.75, 3.05) is 13.1 Å². The first-order valence-corrected chi connectivity index (χ1v) is 5.02. The fourth-order valence-corrected chi connectivity index (χ4v) is 2.33. The molecule has 5 heteroatoms. The lowest BCUT2D eigenvalue weighted by Crippen LogP contribution is -2.46. The number of carbonyl (C=O) groups excluding carboxylic acids is 2. The van der Waals surface area contributed by atoms with Gasteiger partial charge in [-0.1, -0.05) is 0 Å². The molecule has 2 fully saturated rings. The topological polar surface area (TPSA) is 75.4 Å². The van der Waals surface area contributed by atoms with E-state index in [0.717, 1.165) is 19.4 Å². The molecule has 2 amide bonds. The van der Waals surface area contributed by atoms with E-state index in [-0.39, 0.29) is 23.9 Å². The van der Waals surface area contributed by atoms with Crippen molar-refractivity contribution < 1.29 is 9.59 Å². The van der Waals surface area contributed by atoms with Crippen molar-refractivity contribution >= 4 is 11.8 Å². The van der Waals surface area contributed by atoms with Crippen LogP contribution in [0, 0.1) is 0 Å². The molecule has 2 aliphatic rings. The van der Waals surface area contributed by atoms with Gasteiger partial charge in [0.1, 0.15) is 0 Å². The number of nitrogens with one attached hydrogen (secondary N) is 1. The second kappa shape index (κ2) is 3.67. The van der Waals surface area contributed by atoms with Crippen molar-refractivity contribution in [3.63, 3.8) is 0 Å². The van der Waals surface area contributed by atoms with Gasteiger partial charge in [0, 0.05) is 12.6 Å². The Kier molecular flexibility index (Phi) is 2.52. The highest BCUT2D eigenvalue weighted by atomic mass is 16.2. The summed E-state index contributed by atoms with van der Waals surface area (Å²) < 4.78 is 0. The quantitative estimate of drug-likeness (QED) is 0.547. The van der Waals surface area contributed by atoms with Crippen LogP contribution in [0.4, 0.5) is 0 Å². The Morgan fingerprint density at radius 3 is 2.86 bits per heavy atom. The third-order valence-electron chi connectivity index (χ3n) is 3.04. The van der Waals surface area contributed by atoms with E-state index in [9.17, 15) is 9.59 Å². The minimum atomic E-state index is -0.265. The molecule has 0 aliphatic carbocycles. The van der Waals surface area contributed by atoms with Gasteiger partial charge in [-0.05, 0) is 19.4 Å². The molecule has 0 bridgehead atoms. The first kappa shape index (κ1) is 9.61. The molecule has 0 aromatic carbocycles. The highest BCUT2D eigenvalue weighted by Crippen LogP contribution is 2.22. The Bertz CT molecular complexity index is 267. The Morgan fingerprint density at radius 1 is 1.50 bits per heavy atom. The summed E-state index contributed by atoms with van der Waals surface area (Å²) in [5.74, 6) is -0.321. The van der Waals surface area contributed by atoms with Crippen LogP contribution in [0.2, 0.25) is 0 Å². The lowest BCUT2D eigenvalue weighted by Gasteiger charge is -2.26. The van der Waals surface area contributed by atoms with E-state index in [4.69, 9.17) is 5.73 Å². The molecule has 2 rings (SSSR count). The van der Waals surface area contributed by atoms with E-state index in [2.05, 4.69) is 10.2 Å². The molecule has 2 saturated heterocycles. The standard InChI is InChI=1S/C9H15N3O2/c10-5-6-2-1-3-12(6)7-4-8(13)11-9(7)14/h6-7H,1-5,10H2,(H,11,13,14).